The van der Waals surface area contributed by atoms with Gasteiger partial charge in [0.1, 0.15) is 49.4 Å². The SMILES string of the molecule is O=C1c2ccc(cc2)OCC=CCOc2ccc(cc2)C(=O)c2cccc(c2)C(=O)c2ccc(cc2)OCC=CCOc2ccc(cc2)C(=O)c2cccc1c2. The Morgan fingerprint density at radius 1 is 0.268 bits per heavy atom. The summed E-state index contributed by atoms with van der Waals surface area (Å²) in [6, 6.07) is 40.7. The van der Waals surface area contributed by atoms with Crippen LogP contribution in [-0.4, -0.2) is 49.6 Å². The van der Waals surface area contributed by atoms with E-state index in [1.807, 2.05) is 24.3 Å². The van der Waals surface area contributed by atoms with Crippen LogP contribution in [0.25, 0.3) is 0 Å². The molecule has 6 aromatic carbocycles. The topological polar surface area (TPSA) is 105 Å². The molecule has 0 aromatic heterocycles. The molecule has 0 radical (unpaired) electrons. The second kappa shape index (κ2) is 17.7. The van der Waals surface area contributed by atoms with Crippen molar-refractivity contribution in [1.29, 1.82) is 0 Å². The third-order valence-corrected chi connectivity index (χ3v) is 8.96. The molecule has 12 bridgehead atoms. The van der Waals surface area contributed by atoms with Crippen molar-refractivity contribution < 1.29 is 38.1 Å². The lowest BCUT2D eigenvalue weighted by Crippen LogP contribution is -2.06. The van der Waals surface area contributed by atoms with Crippen LogP contribution >= 0.6 is 0 Å². The summed E-state index contributed by atoms with van der Waals surface area (Å²) in [6.07, 6.45) is 7.30. The fraction of sp³-hybridized carbons (Fsp3) is 0.0833. The second-order valence-corrected chi connectivity index (χ2v) is 12.8. The Bertz CT molecular complexity index is 2070. The lowest BCUT2D eigenvalue weighted by atomic mass is 9.97. The smallest absolute Gasteiger partial charge is 0.193 e. The van der Waals surface area contributed by atoms with Gasteiger partial charge in [-0.1, -0.05) is 36.4 Å². The van der Waals surface area contributed by atoms with Gasteiger partial charge < -0.3 is 18.9 Å². The molecule has 0 N–H and O–H groups in total. The van der Waals surface area contributed by atoms with Gasteiger partial charge in [-0.05, 0) is 133 Å². The maximum absolute atomic E-state index is 13.3. The molecule has 0 unspecified atom stereocenters. The van der Waals surface area contributed by atoms with Crippen molar-refractivity contribution in [1.82, 2.24) is 0 Å². The number of ether oxygens (including phenoxy) is 4. The van der Waals surface area contributed by atoms with Crippen molar-refractivity contribution in [2.45, 2.75) is 0 Å². The van der Waals surface area contributed by atoms with E-state index in [4.69, 9.17) is 18.9 Å². The average molecular weight is 741 g/mol. The van der Waals surface area contributed by atoms with Crippen LogP contribution in [-0.2, 0) is 0 Å². The van der Waals surface area contributed by atoms with Crippen LogP contribution in [0.2, 0.25) is 0 Å². The van der Waals surface area contributed by atoms with Gasteiger partial charge >= 0.3 is 0 Å². The molecule has 0 aliphatic carbocycles. The Morgan fingerprint density at radius 2 is 0.482 bits per heavy atom. The molecule has 0 spiro atoms. The predicted molar refractivity (Wildman–Crippen MR) is 213 cm³/mol. The third kappa shape index (κ3) is 9.24. The summed E-state index contributed by atoms with van der Waals surface area (Å²) in [5.74, 6) is 1.54. The first-order chi connectivity index (χ1) is 27.4. The largest absolute Gasteiger partial charge is 0.490 e. The first kappa shape index (κ1) is 37.0. The van der Waals surface area contributed by atoms with Gasteiger partial charge in [0.05, 0.1) is 0 Å². The van der Waals surface area contributed by atoms with Crippen molar-refractivity contribution in [2.75, 3.05) is 26.4 Å². The molecule has 8 nitrogen and oxygen atoms in total. The van der Waals surface area contributed by atoms with E-state index >= 15 is 0 Å². The Kier molecular flexibility index (Phi) is 11.7. The average Bonchev–Trinajstić information content (AvgIpc) is 3.25. The molecule has 8 heteroatoms. The molecule has 7 heterocycles. The zero-order valence-electron chi connectivity index (χ0n) is 30.3. The van der Waals surface area contributed by atoms with Crippen LogP contribution < -0.4 is 18.9 Å². The predicted octanol–water partition coefficient (Wildman–Crippen LogP) is 8.95. The second-order valence-electron chi connectivity index (χ2n) is 12.8. The van der Waals surface area contributed by atoms with E-state index in [9.17, 15) is 19.2 Å². The van der Waals surface area contributed by atoms with Gasteiger partial charge in [-0.2, -0.15) is 0 Å². The number of rotatable bonds is 0. The van der Waals surface area contributed by atoms with Crippen molar-refractivity contribution in [3.05, 3.63) is 214 Å². The van der Waals surface area contributed by atoms with Gasteiger partial charge in [0, 0.05) is 44.5 Å². The summed E-state index contributed by atoms with van der Waals surface area (Å²) in [7, 11) is 0. The number of ketones is 4. The van der Waals surface area contributed by atoms with Crippen LogP contribution in [0.15, 0.2) is 170 Å². The summed E-state index contributed by atoms with van der Waals surface area (Å²) >= 11 is 0. The summed E-state index contributed by atoms with van der Waals surface area (Å²) < 4.78 is 23.2. The molecule has 0 amide bonds. The number of carbonyl (C=O) groups excluding carboxylic acids is 4. The van der Waals surface area contributed by atoms with Crippen molar-refractivity contribution in [3.63, 3.8) is 0 Å². The maximum atomic E-state index is 13.3. The molecular weight excluding hydrogens is 705 g/mol. The Balaban J connectivity index is 1.06. The maximum Gasteiger partial charge on any atom is 0.193 e. The van der Waals surface area contributed by atoms with E-state index in [0.717, 1.165) is 0 Å². The summed E-state index contributed by atoms with van der Waals surface area (Å²) in [4.78, 5) is 53.2. The fourth-order valence-electron chi connectivity index (χ4n) is 5.93. The van der Waals surface area contributed by atoms with Crippen molar-refractivity contribution in [2.24, 2.45) is 0 Å². The van der Waals surface area contributed by atoms with Gasteiger partial charge in [0.15, 0.2) is 23.1 Å². The molecule has 7 aliphatic heterocycles. The minimum atomic E-state index is -0.208. The zero-order valence-corrected chi connectivity index (χ0v) is 30.3. The Hall–Kier alpha value is -7.32. The van der Waals surface area contributed by atoms with E-state index in [1.165, 1.54) is 0 Å². The highest BCUT2D eigenvalue weighted by molar-refractivity contribution is 6.14. The molecule has 0 saturated carbocycles. The van der Waals surface area contributed by atoms with Crippen LogP contribution in [0, 0.1) is 0 Å². The number of hydrogen-bond donors (Lipinski definition) is 0. The molecule has 56 heavy (non-hydrogen) atoms. The number of hydrogen-bond acceptors (Lipinski definition) is 8. The summed E-state index contributed by atoms with van der Waals surface area (Å²) in [5, 5.41) is 0. The quantitative estimate of drug-likeness (QED) is 0.142. The van der Waals surface area contributed by atoms with Crippen molar-refractivity contribution >= 4 is 23.1 Å². The molecule has 0 atom stereocenters. The van der Waals surface area contributed by atoms with Gasteiger partial charge in [0.2, 0.25) is 0 Å². The van der Waals surface area contributed by atoms with E-state index in [0.29, 0.717) is 93.9 Å². The molecule has 0 fully saturated rings. The van der Waals surface area contributed by atoms with Crippen LogP contribution in [0.3, 0.4) is 0 Å². The first-order valence-electron chi connectivity index (χ1n) is 18.0. The van der Waals surface area contributed by atoms with E-state index < -0.39 is 0 Å². The third-order valence-electron chi connectivity index (χ3n) is 8.96. The van der Waals surface area contributed by atoms with Gasteiger partial charge in [-0.3, -0.25) is 19.2 Å². The highest BCUT2D eigenvalue weighted by Gasteiger charge is 2.16. The molecular formula is C48H36O8. The van der Waals surface area contributed by atoms with Crippen LogP contribution in [0.1, 0.15) is 63.7 Å². The minimum absolute atomic E-state index is 0.208. The Labute approximate surface area is 324 Å². The lowest BCUT2D eigenvalue weighted by molar-refractivity contribution is 0.102. The van der Waals surface area contributed by atoms with Crippen LogP contribution in [0.5, 0.6) is 23.0 Å². The lowest BCUT2D eigenvalue weighted by Gasteiger charge is -2.08. The number of carbonyl (C=O) groups is 4. The van der Waals surface area contributed by atoms with E-state index in [1.54, 1.807) is 146 Å². The molecule has 6 aromatic rings. The van der Waals surface area contributed by atoms with Gasteiger partial charge in [-0.15, -0.1) is 0 Å². The van der Waals surface area contributed by atoms with E-state index in [2.05, 4.69) is 0 Å². The molecule has 13 rings (SSSR count). The van der Waals surface area contributed by atoms with Gasteiger partial charge in [-0.25, -0.2) is 0 Å². The highest BCUT2D eigenvalue weighted by Crippen LogP contribution is 2.22. The fourth-order valence-corrected chi connectivity index (χ4v) is 5.93. The van der Waals surface area contributed by atoms with Crippen molar-refractivity contribution in [3.8, 4) is 23.0 Å². The normalized spacial score (nSPS) is 14.0. The summed E-state index contributed by atoms with van der Waals surface area (Å²) in [6.45, 7) is 1.17. The highest BCUT2D eigenvalue weighted by atomic mass is 16.5. The standard InChI is InChI=1S/C48H36O8/c49-45-33-11-19-41(20-12-33)53-27-1-2-28-54-42-21-13-34(14-22-42)46(50)38-8-6-10-40(32-38)48(52)36-17-25-44(26-18-36)56-30-4-3-29-55-43-23-15-35(16-24-43)47(51)39-9-5-7-37(45)31-39/h1-26,31-32H,27-30H2. The Morgan fingerprint density at radius 3 is 0.696 bits per heavy atom. The van der Waals surface area contributed by atoms with Gasteiger partial charge in [0.25, 0.3) is 0 Å². The molecule has 7 aliphatic rings. The van der Waals surface area contributed by atoms with Crippen LogP contribution in [0.4, 0.5) is 0 Å². The summed E-state index contributed by atoms with van der Waals surface area (Å²) in [5.41, 5.74) is 3.49. The molecule has 276 valence electrons. The monoisotopic (exact) mass is 740 g/mol. The zero-order chi connectivity index (χ0) is 38.7. The minimum Gasteiger partial charge on any atom is -0.490 e. The molecule has 0 saturated heterocycles. The van der Waals surface area contributed by atoms with E-state index in [-0.39, 0.29) is 23.1 Å². The first-order valence-corrected chi connectivity index (χ1v) is 18.0. The number of benzene rings is 6.